The molecule has 0 saturated heterocycles. The zero-order chi connectivity index (χ0) is 11.0. The molecular weight excluding hydrogens is 200 g/mol. The standard InChI is InChI=1S/C12H14N4/c13-12(5-6-12)9-10-1-3-11(4-2-10)16-8-7-14-15-16/h1-4,7-8H,5-6,9,13H2. The maximum Gasteiger partial charge on any atom is 0.0697 e. The third-order valence-corrected chi connectivity index (χ3v) is 3.07. The molecule has 1 saturated carbocycles. The van der Waals surface area contributed by atoms with E-state index in [9.17, 15) is 0 Å². The minimum absolute atomic E-state index is 0.0781. The molecule has 2 N–H and O–H groups in total. The van der Waals surface area contributed by atoms with Crippen LogP contribution in [-0.2, 0) is 6.42 Å². The number of hydrogen-bond donors (Lipinski definition) is 1. The van der Waals surface area contributed by atoms with Crippen molar-refractivity contribution >= 4 is 0 Å². The van der Waals surface area contributed by atoms with Crippen LogP contribution in [0.4, 0.5) is 0 Å². The molecule has 0 amide bonds. The maximum absolute atomic E-state index is 6.08. The molecule has 4 nitrogen and oxygen atoms in total. The quantitative estimate of drug-likeness (QED) is 0.837. The fourth-order valence-electron chi connectivity index (χ4n) is 1.86. The average molecular weight is 214 g/mol. The molecule has 1 fully saturated rings. The zero-order valence-corrected chi connectivity index (χ0v) is 9.00. The number of benzene rings is 1. The van der Waals surface area contributed by atoms with E-state index in [-0.39, 0.29) is 5.54 Å². The highest BCUT2D eigenvalue weighted by atomic mass is 15.4. The lowest BCUT2D eigenvalue weighted by Crippen LogP contribution is -2.24. The van der Waals surface area contributed by atoms with Crippen LogP contribution in [-0.4, -0.2) is 20.5 Å². The normalized spacial score (nSPS) is 17.3. The summed E-state index contributed by atoms with van der Waals surface area (Å²) in [5, 5.41) is 7.73. The van der Waals surface area contributed by atoms with E-state index in [1.165, 1.54) is 5.56 Å². The van der Waals surface area contributed by atoms with E-state index in [1.807, 2.05) is 6.20 Å². The first-order valence-corrected chi connectivity index (χ1v) is 5.50. The second kappa shape index (κ2) is 3.42. The third-order valence-electron chi connectivity index (χ3n) is 3.07. The highest BCUT2D eigenvalue weighted by Gasteiger charge is 2.37. The van der Waals surface area contributed by atoms with Gasteiger partial charge in [0.05, 0.1) is 18.1 Å². The molecule has 2 aromatic rings. The molecule has 0 radical (unpaired) electrons. The summed E-state index contributed by atoms with van der Waals surface area (Å²) in [5.74, 6) is 0. The Labute approximate surface area is 94.1 Å². The summed E-state index contributed by atoms with van der Waals surface area (Å²) in [4.78, 5) is 0. The number of rotatable bonds is 3. The molecule has 16 heavy (non-hydrogen) atoms. The van der Waals surface area contributed by atoms with E-state index in [0.29, 0.717) is 0 Å². The molecule has 3 rings (SSSR count). The summed E-state index contributed by atoms with van der Waals surface area (Å²) in [6.07, 6.45) is 6.79. The van der Waals surface area contributed by atoms with Crippen LogP contribution < -0.4 is 5.73 Å². The second-order valence-electron chi connectivity index (χ2n) is 4.55. The van der Waals surface area contributed by atoms with Crippen LogP contribution in [0.25, 0.3) is 5.69 Å². The van der Waals surface area contributed by atoms with E-state index in [4.69, 9.17) is 5.73 Å². The van der Waals surface area contributed by atoms with Crippen LogP contribution in [0.1, 0.15) is 18.4 Å². The number of nitrogens with two attached hydrogens (primary N) is 1. The molecule has 0 atom stereocenters. The number of hydrogen-bond acceptors (Lipinski definition) is 3. The fraction of sp³-hybridized carbons (Fsp3) is 0.333. The van der Waals surface area contributed by atoms with E-state index in [0.717, 1.165) is 24.9 Å². The third kappa shape index (κ3) is 1.84. The van der Waals surface area contributed by atoms with E-state index in [1.54, 1.807) is 10.9 Å². The Morgan fingerprint density at radius 3 is 2.56 bits per heavy atom. The predicted molar refractivity (Wildman–Crippen MR) is 61.2 cm³/mol. The Morgan fingerprint density at radius 2 is 2.00 bits per heavy atom. The van der Waals surface area contributed by atoms with Crippen LogP contribution in [0.3, 0.4) is 0 Å². The summed E-state index contributed by atoms with van der Waals surface area (Å²) in [5.41, 5.74) is 8.49. The van der Waals surface area contributed by atoms with E-state index in [2.05, 4.69) is 34.6 Å². The molecule has 0 bridgehead atoms. The SMILES string of the molecule is NC1(Cc2ccc(-n3ccnn3)cc2)CC1. The number of aromatic nitrogens is 3. The van der Waals surface area contributed by atoms with Crippen molar-refractivity contribution in [3.8, 4) is 5.69 Å². The van der Waals surface area contributed by atoms with Gasteiger partial charge in [-0.1, -0.05) is 17.3 Å². The van der Waals surface area contributed by atoms with E-state index >= 15 is 0 Å². The van der Waals surface area contributed by atoms with Gasteiger partial charge < -0.3 is 5.73 Å². The first-order valence-electron chi connectivity index (χ1n) is 5.50. The minimum atomic E-state index is 0.0781. The monoisotopic (exact) mass is 214 g/mol. The summed E-state index contributed by atoms with van der Waals surface area (Å²) < 4.78 is 1.75. The Morgan fingerprint density at radius 1 is 1.25 bits per heavy atom. The summed E-state index contributed by atoms with van der Waals surface area (Å²) in [7, 11) is 0. The second-order valence-corrected chi connectivity index (χ2v) is 4.55. The van der Waals surface area contributed by atoms with Crippen molar-refractivity contribution in [1.82, 2.24) is 15.0 Å². The molecule has 1 aromatic heterocycles. The van der Waals surface area contributed by atoms with Gasteiger partial charge in [0.15, 0.2) is 0 Å². The van der Waals surface area contributed by atoms with Crippen molar-refractivity contribution in [3.05, 3.63) is 42.2 Å². The molecular formula is C12H14N4. The van der Waals surface area contributed by atoms with Gasteiger partial charge in [-0.05, 0) is 37.0 Å². The van der Waals surface area contributed by atoms with Crippen LogP contribution in [0.2, 0.25) is 0 Å². The molecule has 4 heteroatoms. The van der Waals surface area contributed by atoms with Gasteiger partial charge in [0.25, 0.3) is 0 Å². The number of nitrogens with zero attached hydrogens (tertiary/aromatic N) is 3. The van der Waals surface area contributed by atoms with Crippen LogP contribution in [0.15, 0.2) is 36.7 Å². The van der Waals surface area contributed by atoms with Gasteiger partial charge in [0.1, 0.15) is 0 Å². The van der Waals surface area contributed by atoms with Crippen LogP contribution >= 0.6 is 0 Å². The van der Waals surface area contributed by atoms with Gasteiger partial charge in [-0.15, -0.1) is 5.10 Å². The zero-order valence-electron chi connectivity index (χ0n) is 9.00. The lowest BCUT2D eigenvalue weighted by Gasteiger charge is -2.08. The lowest BCUT2D eigenvalue weighted by atomic mass is 10.0. The van der Waals surface area contributed by atoms with Crippen molar-refractivity contribution in [3.63, 3.8) is 0 Å². The summed E-state index contributed by atoms with van der Waals surface area (Å²) >= 11 is 0. The Bertz CT molecular complexity index is 468. The average Bonchev–Trinajstić information content (AvgIpc) is 2.83. The van der Waals surface area contributed by atoms with Crippen molar-refractivity contribution in [2.24, 2.45) is 5.73 Å². The van der Waals surface area contributed by atoms with Crippen molar-refractivity contribution in [2.45, 2.75) is 24.8 Å². The van der Waals surface area contributed by atoms with Gasteiger partial charge >= 0.3 is 0 Å². The molecule has 0 unspecified atom stereocenters. The Hall–Kier alpha value is -1.68. The molecule has 1 heterocycles. The topological polar surface area (TPSA) is 56.7 Å². The van der Waals surface area contributed by atoms with Gasteiger partial charge in [0.2, 0.25) is 0 Å². The Balaban J connectivity index is 1.80. The maximum atomic E-state index is 6.08. The first kappa shape index (κ1) is 9.54. The fourth-order valence-corrected chi connectivity index (χ4v) is 1.86. The van der Waals surface area contributed by atoms with Crippen LogP contribution in [0.5, 0.6) is 0 Å². The smallest absolute Gasteiger partial charge is 0.0697 e. The van der Waals surface area contributed by atoms with Crippen molar-refractivity contribution in [2.75, 3.05) is 0 Å². The summed E-state index contributed by atoms with van der Waals surface area (Å²) in [6, 6.07) is 8.33. The van der Waals surface area contributed by atoms with E-state index < -0.39 is 0 Å². The molecule has 0 spiro atoms. The van der Waals surface area contributed by atoms with Crippen molar-refractivity contribution < 1.29 is 0 Å². The highest BCUT2D eigenvalue weighted by molar-refractivity contribution is 5.34. The largest absolute Gasteiger partial charge is 0.325 e. The van der Waals surface area contributed by atoms with Crippen molar-refractivity contribution in [1.29, 1.82) is 0 Å². The predicted octanol–water partition coefficient (Wildman–Crippen LogP) is 1.30. The molecule has 1 aromatic carbocycles. The lowest BCUT2D eigenvalue weighted by molar-refractivity contribution is 0.672. The molecule has 1 aliphatic carbocycles. The Kier molecular flexibility index (Phi) is 2.04. The minimum Gasteiger partial charge on any atom is -0.325 e. The van der Waals surface area contributed by atoms with Crippen LogP contribution in [0, 0.1) is 0 Å². The van der Waals surface area contributed by atoms with Gasteiger partial charge in [-0.3, -0.25) is 0 Å². The first-order chi connectivity index (χ1) is 7.75. The van der Waals surface area contributed by atoms with Gasteiger partial charge in [-0.25, -0.2) is 4.68 Å². The summed E-state index contributed by atoms with van der Waals surface area (Å²) in [6.45, 7) is 0. The highest BCUT2D eigenvalue weighted by Crippen LogP contribution is 2.35. The van der Waals surface area contributed by atoms with Gasteiger partial charge in [-0.2, -0.15) is 0 Å². The van der Waals surface area contributed by atoms with Gasteiger partial charge in [0, 0.05) is 5.54 Å². The molecule has 82 valence electrons. The molecule has 0 aliphatic heterocycles. The molecule has 1 aliphatic rings.